The van der Waals surface area contributed by atoms with Gasteiger partial charge in [0, 0.05) is 6.04 Å². The molecular weight excluding hydrogens is 352 g/mol. The highest BCUT2D eigenvalue weighted by atomic mass is 16.5. The van der Waals surface area contributed by atoms with Crippen LogP contribution < -0.4 is 10.1 Å². The molecule has 0 saturated heterocycles. The predicted molar refractivity (Wildman–Crippen MR) is 107 cm³/mol. The minimum atomic E-state index is -0.160. The Bertz CT molecular complexity index is 873. The van der Waals surface area contributed by atoms with Crippen LogP contribution >= 0.6 is 0 Å². The van der Waals surface area contributed by atoms with Gasteiger partial charge in [0.05, 0.1) is 5.56 Å². The lowest BCUT2D eigenvalue weighted by atomic mass is 9.84. The highest BCUT2D eigenvalue weighted by Crippen LogP contribution is 2.49. The minimum absolute atomic E-state index is 0.160. The molecule has 0 aliphatic heterocycles. The number of carbonyl (C=O) groups excluding carboxylic acids is 1. The zero-order valence-electron chi connectivity index (χ0n) is 17.2. The van der Waals surface area contributed by atoms with E-state index in [1.807, 2.05) is 26.0 Å². The van der Waals surface area contributed by atoms with Gasteiger partial charge in [-0.2, -0.15) is 0 Å². The van der Waals surface area contributed by atoms with Gasteiger partial charge in [0.25, 0.3) is 5.91 Å². The van der Waals surface area contributed by atoms with Crippen molar-refractivity contribution in [2.24, 2.45) is 17.8 Å². The molecule has 2 fully saturated rings. The molecule has 1 heterocycles. The summed E-state index contributed by atoms with van der Waals surface area (Å²) in [5.74, 6) is 3.51. The van der Waals surface area contributed by atoms with E-state index in [2.05, 4.69) is 30.4 Å². The van der Waals surface area contributed by atoms with Crippen molar-refractivity contribution in [2.45, 2.75) is 66.0 Å². The molecule has 5 nitrogen and oxygen atoms in total. The lowest BCUT2D eigenvalue weighted by molar-refractivity contribution is 0.0904. The quantitative estimate of drug-likeness (QED) is 0.784. The van der Waals surface area contributed by atoms with E-state index in [-0.39, 0.29) is 18.6 Å². The number of hydrogen-bond acceptors (Lipinski definition) is 4. The lowest BCUT2D eigenvalue weighted by Crippen LogP contribution is -2.40. The van der Waals surface area contributed by atoms with Crippen molar-refractivity contribution in [1.82, 2.24) is 10.5 Å². The average molecular weight is 383 g/mol. The Morgan fingerprint density at radius 1 is 1.29 bits per heavy atom. The van der Waals surface area contributed by atoms with E-state index in [1.54, 1.807) is 0 Å². The van der Waals surface area contributed by atoms with Crippen LogP contribution in [0.25, 0.3) is 0 Å². The first-order chi connectivity index (χ1) is 13.4. The third-order valence-corrected chi connectivity index (χ3v) is 6.92. The zero-order chi connectivity index (χ0) is 19.8. The van der Waals surface area contributed by atoms with Crippen LogP contribution in [-0.2, 0) is 6.61 Å². The standard InChI is InChI=1S/C23H30N2O3/c1-13-6-5-7-21(14(13)2)27-12-20-16(4)28-25-22(20)23(26)24-15(3)19-11-17-8-9-18(19)10-17/h5-7,15,17-19H,8-12H2,1-4H3,(H,24,26). The molecule has 4 rings (SSSR count). The Labute approximate surface area is 166 Å². The number of carbonyl (C=O) groups is 1. The number of nitrogens with zero attached hydrogens (tertiary/aromatic N) is 1. The fourth-order valence-electron chi connectivity index (χ4n) is 5.06. The maximum Gasteiger partial charge on any atom is 0.274 e. The van der Waals surface area contributed by atoms with Crippen LogP contribution in [0.5, 0.6) is 5.75 Å². The van der Waals surface area contributed by atoms with Crippen molar-refractivity contribution in [3.8, 4) is 5.75 Å². The largest absolute Gasteiger partial charge is 0.488 e. The van der Waals surface area contributed by atoms with E-state index in [9.17, 15) is 4.79 Å². The molecule has 1 N–H and O–H groups in total. The number of aromatic nitrogens is 1. The van der Waals surface area contributed by atoms with Crippen LogP contribution in [0.3, 0.4) is 0 Å². The summed E-state index contributed by atoms with van der Waals surface area (Å²) in [7, 11) is 0. The summed E-state index contributed by atoms with van der Waals surface area (Å²) in [5.41, 5.74) is 3.35. The van der Waals surface area contributed by atoms with Crippen LogP contribution in [-0.4, -0.2) is 17.1 Å². The van der Waals surface area contributed by atoms with Crippen molar-refractivity contribution in [3.05, 3.63) is 46.3 Å². The van der Waals surface area contributed by atoms with Gasteiger partial charge in [0.1, 0.15) is 18.1 Å². The van der Waals surface area contributed by atoms with Gasteiger partial charge in [0.2, 0.25) is 0 Å². The molecule has 4 atom stereocenters. The summed E-state index contributed by atoms with van der Waals surface area (Å²) in [4.78, 5) is 12.9. The smallest absolute Gasteiger partial charge is 0.274 e. The second-order valence-corrected chi connectivity index (χ2v) is 8.65. The number of benzene rings is 1. The van der Waals surface area contributed by atoms with Crippen LogP contribution in [0, 0.1) is 38.5 Å². The normalized spacial score (nSPS) is 24.4. The number of ether oxygens (including phenoxy) is 1. The maximum absolute atomic E-state index is 12.9. The van der Waals surface area contributed by atoms with Crippen LogP contribution in [0.2, 0.25) is 0 Å². The third kappa shape index (κ3) is 3.54. The molecule has 0 radical (unpaired) electrons. The van der Waals surface area contributed by atoms with E-state index in [1.165, 1.54) is 31.2 Å². The van der Waals surface area contributed by atoms with Gasteiger partial charge in [0.15, 0.2) is 5.69 Å². The first kappa shape index (κ1) is 19.0. The lowest BCUT2D eigenvalue weighted by Gasteiger charge is -2.28. The summed E-state index contributed by atoms with van der Waals surface area (Å²) in [6.07, 6.45) is 5.26. The number of amides is 1. The van der Waals surface area contributed by atoms with Gasteiger partial charge in [-0.15, -0.1) is 0 Å². The molecule has 1 amide bonds. The van der Waals surface area contributed by atoms with Crippen molar-refractivity contribution in [2.75, 3.05) is 0 Å². The molecule has 150 valence electrons. The number of aryl methyl sites for hydroxylation is 2. The van der Waals surface area contributed by atoms with Crippen molar-refractivity contribution in [1.29, 1.82) is 0 Å². The van der Waals surface area contributed by atoms with Crippen molar-refractivity contribution in [3.63, 3.8) is 0 Å². The number of rotatable bonds is 6. The molecule has 2 aromatic rings. The fourth-order valence-corrected chi connectivity index (χ4v) is 5.06. The van der Waals surface area contributed by atoms with Crippen LogP contribution in [0.15, 0.2) is 22.7 Å². The van der Waals surface area contributed by atoms with Crippen LogP contribution in [0.4, 0.5) is 0 Å². The topological polar surface area (TPSA) is 64.4 Å². The van der Waals surface area contributed by atoms with Gasteiger partial charge in [-0.1, -0.05) is 23.7 Å². The van der Waals surface area contributed by atoms with Gasteiger partial charge < -0.3 is 14.6 Å². The molecule has 4 unspecified atom stereocenters. The second kappa shape index (κ2) is 7.61. The highest BCUT2D eigenvalue weighted by Gasteiger charge is 2.42. The Morgan fingerprint density at radius 2 is 2.11 bits per heavy atom. The van der Waals surface area contributed by atoms with E-state index in [0.717, 1.165) is 28.7 Å². The summed E-state index contributed by atoms with van der Waals surface area (Å²) in [6, 6.07) is 6.14. The fraction of sp³-hybridized carbons (Fsp3) is 0.565. The predicted octanol–water partition coefficient (Wildman–Crippen LogP) is 4.73. The van der Waals surface area contributed by atoms with Gasteiger partial charge in [-0.05, 0) is 81.9 Å². The molecule has 5 heteroatoms. The van der Waals surface area contributed by atoms with E-state index in [0.29, 0.717) is 17.4 Å². The summed E-state index contributed by atoms with van der Waals surface area (Å²) in [5, 5.41) is 7.21. The maximum atomic E-state index is 12.9. The molecule has 1 aromatic carbocycles. The average Bonchev–Trinajstić information content (AvgIpc) is 3.39. The first-order valence-electron chi connectivity index (χ1n) is 10.4. The molecule has 2 saturated carbocycles. The first-order valence-corrected chi connectivity index (χ1v) is 10.4. The van der Waals surface area contributed by atoms with E-state index >= 15 is 0 Å². The molecule has 1 aromatic heterocycles. The number of hydrogen-bond donors (Lipinski definition) is 1. The zero-order valence-corrected chi connectivity index (χ0v) is 17.2. The SMILES string of the molecule is Cc1cccc(OCc2c(C(=O)NC(C)C3CC4CCC3C4)noc2C)c1C. The molecule has 2 aliphatic rings. The molecule has 2 aliphatic carbocycles. The Morgan fingerprint density at radius 3 is 2.82 bits per heavy atom. The molecule has 2 bridgehead atoms. The summed E-state index contributed by atoms with van der Waals surface area (Å²) >= 11 is 0. The van der Waals surface area contributed by atoms with Crippen molar-refractivity contribution < 1.29 is 14.1 Å². The Kier molecular flexibility index (Phi) is 5.17. The van der Waals surface area contributed by atoms with E-state index < -0.39 is 0 Å². The molecule has 28 heavy (non-hydrogen) atoms. The van der Waals surface area contributed by atoms with Gasteiger partial charge in [-0.25, -0.2) is 0 Å². The van der Waals surface area contributed by atoms with Crippen molar-refractivity contribution >= 4 is 5.91 Å². The number of fused-ring (bicyclic) bond motifs is 2. The van der Waals surface area contributed by atoms with E-state index in [4.69, 9.17) is 9.26 Å². The minimum Gasteiger partial charge on any atom is -0.488 e. The van der Waals surface area contributed by atoms with Gasteiger partial charge in [-0.3, -0.25) is 4.79 Å². The van der Waals surface area contributed by atoms with Crippen LogP contribution in [0.1, 0.15) is 65.5 Å². The third-order valence-electron chi connectivity index (χ3n) is 6.92. The Hall–Kier alpha value is -2.30. The summed E-state index contributed by atoms with van der Waals surface area (Å²) < 4.78 is 11.3. The monoisotopic (exact) mass is 382 g/mol. The highest BCUT2D eigenvalue weighted by molar-refractivity contribution is 5.94. The molecule has 0 spiro atoms. The number of nitrogens with one attached hydrogen (secondary N) is 1. The van der Waals surface area contributed by atoms with Gasteiger partial charge >= 0.3 is 0 Å². The summed E-state index contributed by atoms with van der Waals surface area (Å²) in [6.45, 7) is 8.32. The molecular formula is C23H30N2O3. The Balaban J connectivity index is 1.43. The second-order valence-electron chi connectivity index (χ2n) is 8.65.